The van der Waals surface area contributed by atoms with Gasteiger partial charge in [0, 0.05) is 17.6 Å². The highest BCUT2D eigenvalue weighted by Gasteiger charge is 2.35. The van der Waals surface area contributed by atoms with Gasteiger partial charge < -0.3 is 15.3 Å². The van der Waals surface area contributed by atoms with Gasteiger partial charge in [-0.05, 0) is 42.5 Å². The van der Waals surface area contributed by atoms with E-state index in [2.05, 4.69) is 5.32 Å². The van der Waals surface area contributed by atoms with Crippen LogP contribution in [0.4, 0.5) is 10.1 Å². The summed E-state index contributed by atoms with van der Waals surface area (Å²) in [6, 6.07) is 15.6. The third kappa shape index (κ3) is 3.29. The van der Waals surface area contributed by atoms with Crippen LogP contribution in [0.1, 0.15) is 23.2 Å². The van der Waals surface area contributed by atoms with Crippen LogP contribution in [0.3, 0.4) is 0 Å². The van der Waals surface area contributed by atoms with Crippen LogP contribution in [0, 0.1) is 5.82 Å². The fraction of sp³-hybridized carbons (Fsp3) is 0.182. The highest BCUT2D eigenvalue weighted by atomic mass is 19.1. The van der Waals surface area contributed by atoms with Crippen molar-refractivity contribution in [1.82, 2.24) is 4.90 Å². The molecule has 1 fully saturated rings. The van der Waals surface area contributed by atoms with Crippen molar-refractivity contribution >= 4 is 28.3 Å². The lowest BCUT2D eigenvalue weighted by Crippen LogP contribution is -2.43. The summed E-state index contributed by atoms with van der Waals surface area (Å²) in [6.07, 6.45) is 1.20. The number of halogens is 1. The molecule has 4 rings (SSSR count). The highest BCUT2D eigenvalue weighted by Crippen LogP contribution is 2.31. The number of rotatable bonds is 3. The third-order valence-corrected chi connectivity index (χ3v) is 5.04. The topological polar surface area (TPSA) is 69.6 Å². The van der Waals surface area contributed by atoms with E-state index in [0.29, 0.717) is 30.5 Å². The van der Waals surface area contributed by atoms with Crippen molar-refractivity contribution < 1.29 is 19.1 Å². The molecular formula is C22H19FN2O3. The standard InChI is InChI=1S/C22H19FN2O3/c23-15-6-3-7-16(13-15)24-21(27)19-9-4-12-25(19)22(28)18-11-10-14-5-1-2-8-17(14)20(18)26/h1-3,5-8,10-11,13,19,26H,4,9,12H2,(H,24,27). The van der Waals surface area contributed by atoms with E-state index >= 15 is 0 Å². The molecule has 0 spiro atoms. The smallest absolute Gasteiger partial charge is 0.258 e. The minimum atomic E-state index is -0.665. The van der Waals surface area contributed by atoms with E-state index in [9.17, 15) is 19.1 Å². The Hall–Kier alpha value is -3.41. The minimum absolute atomic E-state index is 0.0840. The normalized spacial score (nSPS) is 16.3. The number of nitrogens with zero attached hydrogens (tertiary/aromatic N) is 1. The van der Waals surface area contributed by atoms with Crippen LogP contribution in [-0.4, -0.2) is 34.4 Å². The van der Waals surface area contributed by atoms with Crippen LogP contribution in [0.2, 0.25) is 0 Å². The molecule has 1 aliphatic rings. The summed E-state index contributed by atoms with van der Waals surface area (Å²) in [4.78, 5) is 27.2. The second-order valence-electron chi connectivity index (χ2n) is 6.84. The maximum atomic E-state index is 13.3. The quantitative estimate of drug-likeness (QED) is 0.726. The molecule has 3 aromatic rings. The van der Waals surface area contributed by atoms with E-state index in [1.165, 1.54) is 23.1 Å². The summed E-state index contributed by atoms with van der Waals surface area (Å²) in [6.45, 7) is 0.423. The van der Waals surface area contributed by atoms with Crippen molar-refractivity contribution in [2.75, 3.05) is 11.9 Å². The molecule has 2 N–H and O–H groups in total. The molecule has 5 nitrogen and oxygen atoms in total. The van der Waals surface area contributed by atoms with E-state index < -0.39 is 11.9 Å². The molecule has 28 heavy (non-hydrogen) atoms. The molecular weight excluding hydrogens is 359 g/mol. The molecule has 0 saturated carbocycles. The number of phenols is 1. The first-order valence-electron chi connectivity index (χ1n) is 9.13. The van der Waals surface area contributed by atoms with Gasteiger partial charge in [0.1, 0.15) is 17.6 Å². The van der Waals surface area contributed by atoms with Gasteiger partial charge in [-0.2, -0.15) is 0 Å². The molecule has 1 aliphatic heterocycles. The molecule has 142 valence electrons. The number of anilines is 1. The molecule has 0 aromatic heterocycles. The van der Waals surface area contributed by atoms with Crippen molar-refractivity contribution in [2.45, 2.75) is 18.9 Å². The zero-order valence-electron chi connectivity index (χ0n) is 15.1. The Morgan fingerprint density at radius 2 is 1.89 bits per heavy atom. The average molecular weight is 378 g/mol. The molecule has 6 heteroatoms. The monoisotopic (exact) mass is 378 g/mol. The van der Waals surface area contributed by atoms with E-state index in [0.717, 1.165) is 5.39 Å². The lowest BCUT2D eigenvalue weighted by molar-refractivity contribution is -0.119. The number of fused-ring (bicyclic) bond motifs is 1. The number of benzene rings is 3. The Labute approximate surface area is 161 Å². The summed E-state index contributed by atoms with van der Waals surface area (Å²) in [7, 11) is 0. The summed E-state index contributed by atoms with van der Waals surface area (Å²) in [5.41, 5.74) is 0.516. The molecule has 1 saturated heterocycles. The van der Waals surface area contributed by atoms with Crippen LogP contribution >= 0.6 is 0 Å². The lowest BCUT2D eigenvalue weighted by atomic mass is 10.0. The number of amides is 2. The number of carbonyl (C=O) groups excluding carboxylic acids is 2. The second kappa shape index (κ2) is 7.31. The van der Waals surface area contributed by atoms with Crippen LogP contribution < -0.4 is 5.32 Å². The summed E-state index contributed by atoms with van der Waals surface area (Å²) < 4.78 is 13.3. The van der Waals surface area contributed by atoms with Gasteiger partial charge in [-0.1, -0.05) is 36.4 Å². The van der Waals surface area contributed by atoms with Crippen molar-refractivity contribution in [3.05, 3.63) is 72.0 Å². The molecule has 1 heterocycles. The Morgan fingerprint density at radius 3 is 2.71 bits per heavy atom. The molecule has 0 bridgehead atoms. The second-order valence-corrected chi connectivity index (χ2v) is 6.84. The Kier molecular flexibility index (Phi) is 4.69. The van der Waals surface area contributed by atoms with Crippen molar-refractivity contribution in [2.24, 2.45) is 0 Å². The predicted octanol–water partition coefficient (Wildman–Crippen LogP) is 3.93. The fourth-order valence-corrected chi connectivity index (χ4v) is 3.66. The largest absolute Gasteiger partial charge is 0.506 e. The minimum Gasteiger partial charge on any atom is -0.506 e. The number of hydrogen-bond acceptors (Lipinski definition) is 3. The SMILES string of the molecule is O=C(Nc1cccc(F)c1)C1CCCN1C(=O)c1ccc2ccccc2c1O. The van der Waals surface area contributed by atoms with Gasteiger partial charge in [0.05, 0.1) is 5.56 Å². The molecule has 2 amide bonds. The van der Waals surface area contributed by atoms with Gasteiger partial charge in [-0.15, -0.1) is 0 Å². The average Bonchev–Trinajstić information content (AvgIpc) is 3.18. The third-order valence-electron chi connectivity index (χ3n) is 5.04. The van der Waals surface area contributed by atoms with Crippen molar-refractivity contribution in [3.63, 3.8) is 0 Å². The van der Waals surface area contributed by atoms with E-state index in [1.807, 2.05) is 12.1 Å². The Bertz CT molecular complexity index is 1070. The predicted molar refractivity (Wildman–Crippen MR) is 105 cm³/mol. The van der Waals surface area contributed by atoms with Crippen molar-refractivity contribution in [1.29, 1.82) is 0 Å². The first-order chi connectivity index (χ1) is 13.5. The summed E-state index contributed by atoms with van der Waals surface area (Å²) in [5.74, 6) is -1.28. The van der Waals surface area contributed by atoms with Crippen molar-refractivity contribution in [3.8, 4) is 5.75 Å². The first kappa shape index (κ1) is 18.0. The van der Waals surface area contributed by atoms with Gasteiger partial charge in [-0.25, -0.2) is 4.39 Å². The Morgan fingerprint density at radius 1 is 1.07 bits per heavy atom. The number of nitrogens with one attached hydrogen (secondary N) is 1. The fourth-order valence-electron chi connectivity index (χ4n) is 3.66. The lowest BCUT2D eigenvalue weighted by Gasteiger charge is -2.24. The molecule has 0 radical (unpaired) electrons. The van der Waals surface area contributed by atoms with Gasteiger partial charge in [0.25, 0.3) is 5.91 Å². The molecule has 3 aromatic carbocycles. The highest BCUT2D eigenvalue weighted by molar-refractivity contribution is 6.06. The zero-order valence-corrected chi connectivity index (χ0v) is 15.1. The first-order valence-corrected chi connectivity index (χ1v) is 9.13. The van der Waals surface area contributed by atoms with E-state index in [-0.39, 0.29) is 23.1 Å². The van der Waals surface area contributed by atoms with Crippen LogP contribution in [0.25, 0.3) is 10.8 Å². The maximum absolute atomic E-state index is 13.3. The number of likely N-dealkylation sites (tertiary alicyclic amines) is 1. The summed E-state index contributed by atoms with van der Waals surface area (Å²) in [5, 5.41) is 14.7. The molecule has 1 unspecified atom stereocenters. The van der Waals surface area contributed by atoms with Crippen LogP contribution in [-0.2, 0) is 4.79 Å². The Balaban J connectivity index is 1.58. The van der Waals surface area contributed by atoms with Gasteiger partial charge in [0.2, 0.25) is 5.91 Å². The van der Waals surface area contributed by atoms with Crippen LogP contribution in [0.15, 0.2) is 60.7 Å². The number of phenolic OH excluding ortho intramolecular Hbond substituents is 1. The maximum Gasteiger partial charge on any atom is 0.258 e. The summed E-state index contributed by atoms with van der Waals surface area (Å²) >= 11 is 0. The number of hydrogen-bond donors (Lipinski definition) is 2. The molecule has 1 atom stereocenters. The number of carbonyl (C=O) groups is 2. The zero-order chi connectivity index (χ0) is 19.7. The van der Waals surface area contributed by atoms with Crippen LogP contribution in [0.5, 0.6) is 5.75 Å². The van der Waals surface area contributed by atoms with Gasteiger partial charge >= 0.3 is 0 Å². The van der Waals surface area contributed by atoms with E-state index in [1.54, 1.807) is 30.3 Å². The van der Waals surface area contributed by atoms with Gasteiger partial charge in [0.15, 0.2) is 0 Å². The molecule has 0 aliphatic carbocycles. The van der Waals surface area contributed by atoms with Gasteiger partial charge in [-0.3, -0.25) is 9.59 Å². The number of aromatic hydroxyl groups is 1. The van der Waals surface area contributed by atoms with E-state index in [4.69, 9.17) is 0 Å².